The van der Waals surface area contributed by atoms with Crippen molar-refractivity contribution in [1.29, 1.82) is 0 Å². The molecule has 0 spiro atoms. The zero-order valence-electron chi connectivity index (χ0n) is 6.49. The molecule has 0 heterocycles. The zero-order chi connectivity index (χ0) is 4.69. The van der Waals surface area contributed by atoms with Gasteiger partial charge in [-0.25, -0.2) is 0 Å². The summed E-state index contributed by atoms with van der Waals surface area (Å²) in [5, 5.41) is 0. The van der Waals surface area contributed by atoms with Gasteiger partial charge < -0.3 is 14.9 Å². The van der Waals surface area contributed by atoms with Gasteiger partial charge in [0.25, 0.3) is 0 Å². The van der Waals surface area contributed by atoms with Crippen LogP contribution in [0.25, 0.3) is 0 Å². The van der Waals surface area contributed by atoms with Crippen LogP contribution in [-0.2, 0) is 21.1 Å². The van der Waals surface area contributed by atoms with Gasteiger partial charge in [0.05, 0.1) is 0 Å². The van der Waals surface area contributed by atoms with Crippen LogP contribution in [0.15, 0.2) is 24.3 Å². The largest absolute Gasteiger partial charge is 2.00 e. The molecule has 0 aliphatic heterocycles. The van der Waals surface area contributed by atoms with E-state index in [9.17, 15) is 0 Å². The molecule has 1 heteroatoms. The third kappa shape index (κ3) is 2.09. The van der Waals surface area contributed by atoms with E-state index in [1.54, 1.807) is 0 Å². The average molecular weight is 317 g/mol. The van der Waals surface area contributed by atoms with Crippen LogP contribution >= 0.6 is 0 Å². The van der Waals surface area contributed by atoms with Gasteiger partial charge in [0.15, 0.2) is 0 Å². The second-order valence-electron chi connectivity index (χ2n) is 2.33. The molecule has 0 aromatic heterocycles. The molecule has 10 heavy (non-hydrogen) atoms. The fraction of sp³-hybridized carbons (Fsp3) is 0.333. The summed E-state index contributed by atoms with van der Waals surface area (Å²) in [5.41, 5.74) is 0. The molecule has 0 unspecified atom stereocenters. The number of hydrogen-bond donors (Lipinski definition) is 0. The van der Waals surface area contributed by atoms with Crippen LogP contribution in [0.5, 0.6) is 0 Å². The molecule has 0 N–H and O–H groups in total. The van der Waals surface area contributed by atoms with Gasteiger partial charge in [-0.15, -0.1) is 0 Å². The van der Waals surface area contributed by atoms with E-state index in [4.69, 9.17) is 0 Å². The standard InChI is InChI=1S/C7H8.2CH3.Pt/c1-2-7-4-3-6(1)5-7;;;/h1-4,6-7H,5H2;2*1H3;/q;2*-1;+2. The number of allylic oxidation sites excluding steroid dienone is 4. The Kier molecular flexibility index (Phi) is 6.28. The van der Waals surface area contributed by atoms with E-state index in [0.29, 0.717) is 0 Å². The molecule has 0 saturated heterocycles. The number of fused-ring (bicyclic) bond motifs is 2. The van der Waals surface area contributed by atoms with Gasteiger partial charge in [-0.3, -0.25) is 0 Å². The molecule has 0 radical (unpaired) electrons. The van der Waals surface area contributed by atoms with Gasteiger partial charge in [-0.05, 0) is 18.3 Å². The third-order valence-electron chi connectivity index (χ3n) is 1.76. The Morgan fingerprint density at radius 2 is 1.10 bits per heavy atom. The van der Waals surface area contributed by atoms with Gasteiger partial charge in [-0.1, -0.05) is 24.3 Å². The van der Waals surface area contributed by atoms with Crippen LogP contribution in [0.2, 0.25) is 0 Å². The molecule has 0 nitrogen and oxygen atoms in total. The van der Waals surface area contributed by atoms with E-state index >= 15 is 0 Å². The molecule has 0 amide bonds. The first-order valence-corrected chi connectivity index (χ1v) is 2.82. The minimum absolute atomic E-state index is 0. The third-order valence-corrected chi connectivity index (χ3v) is 1.76. The molecule has 0 atom stereocenters. The van der Waals surface area contributed by atoms with Gasteiger partial charge in [0.2, 0.25) is 0 Å². The summed E-state index contributed by atoms with van der Waals surface area (Å²) in [6.07, 6.45) is 10.5. The van der Waals surface area contributed by atoms with E-state index in [2.05, 4.69) is 24.3 Å². The molecular weight excluding hydrogens is 303 g/mol. The molecule has 2 aliphatic rings. The van der Waals surface area contributed by atoms with Crippen LogP contribution in [-0.4, -0.2) is 0 Å². The van der Waals surface area contributed by atoms with Gasteiger partial charge in [0.1, 0.15) is 0 Å². The Hall–Kier alpha value is 0.168. The maximum atomic E-state index is 2.30. The monoisotopic (exact) mass is 317 g/mol. The van der Waals surface area contributed by atoms with E-state index in [1.807, 2.05) is 0 Å². The van der Waals surface area contributed by atoms with Gasteiger partial charge >= 0.3 is 21.1 Å². The fourth-order valence-electron chi connectivity index (χ4n) is 1.33. The van der Waals surface area contributed by atoms with Crippen molar-refractivity contribution < 1.29 is 21.1 Å². The van der Waals surface area contributed by atoms with Crippen LogP contribution in [0.3, 0.4) is 0 Å². The molecule has 0 aromatic rings. The Bertz CT molecular complexity index is 108. The Balaban J connectivity index is 0. The number of hydrogen-bond acceptors (Lipinski definition) is 0. The predicted molar refractivity (Wildman–Crippen MR) is 42.7 cm³/mol. The summed E-state index contributed by atoms with van der Waals surface area (Å²) >= 11 is 0. The van der Waals surface area contributed by atoms with Crippen molar-refractivity contribution in [3.8, 4) is 0 Å². The fourth-order valence-corrected chi connectivity index (χ4v) is 1.33. The molecule has 2 aliphatic carbocycles. The SMILES string of the molecule is C1=CC2C=CC1C2.[CH3-].[CH3-].[Pt+2]. The van der Waals surface area contributed by atoms with Crippen molar-refractivity contribution >= 4 is 0 Å². The minimum atomic E-state index is 0. The topological polar surface area (TPSA) is 0 Å². The second-order valence-corrected chi connectivity index (χ2v) is 2.33. The van der Waals surface area contributed by atoms with Crippen LogP contribution in [0, 0.1) is 26.7 Å². The normalized spacial score (nSPS) is 30.4. The molecule has 2 bridgehead atoms. The van der Waals surface area contributed by atoms with Gasteiger partial charge in [0, 0.05) is 0 Å². The second kappa shape index (κ2) is 4.90. The minimum Gasteiger partial charge on any atom is -0.358 e. The predicted octanol–water partition coefficient (Wildman–Crippen LogP) is 2.65. The van der Waals surface area contributed by atoms with E-state index in [0.717, 1.165) is 11.8 Å². The summed E-state index contributed by atoms with van der Waals surface area (Å²) < 4.78 is 0. The summed E-state index contributed by atoms with van der Waals surface area (Å²) in [7, 11) is 0. The molecule has 0 saturated carbocycles. The van der Waals surface area contributed by atoms with Crippen molar-refractivity contribution in [3.05, 3.63) is 39.2 Å². The van der Waals surface area contributed by atoms with Gasteiger partial charge in [-0.2, -0.15) is 0 Å². The van der Waals surface area contributed by atoms with Crippen molar-refractivity contribution in [2.45, 2.75) is 6.42 Å². The van der Waals surface area contributed by atoms with Crippen LogP contribution < -0.4 is 0 Å². The summed E-state index contributed by atoms with van der Waals surface area (Å²) in [6.45, 7) is 0. The average Bonchev–Trinajstić information content (AvgIpc) is 2.22. The van der Waals surface area contributed by atoms with Crippen molar-refractivity contribution in [2.24, 2.45) is 11.8 Å². The molecule has 0 fully saturated rings. The zero-order valence-corrected chi connectivity index (χ0v) is 8.76. The quantitative estimate of drug-likeness (QED) is 0.476. The molecule has 0 aromatic carbocycles. The first-order chi connectivity index (χ1) is 3.45. The molecule has 2 rings (SSSR count). The first-order valence-electron chi connectivity index (χ1n) is 2.82. The maximum Gasteiger partial charge on any atom is 2.00 e. The van der Waals surface area contributed by atoms with Crippen LogP contribution in [0.1, 0.15) is 6.42 Å². The summed E-state index contributed by atoms with van der Waals surface area (Å²) in [4.78, 5) is 0. The molecule has 60 valence electrons. The summed E-state index contributed by atoms with van der Waals surface area (Å²) in [5.74, 6) is 1.62. The Labute approximate surface area is 78.7 Å². The van der Waals surface area contributed by atoms with Crippen molar-refractivity contribution in [2.75, 3.05) is 0 Å². The smallest absolute Gasteiger partial charge is 0.358 e. The van der Waals surface area contributed by atoms with E-state index < -0.39 is 0 Å². The summed E-state index contributed by atoms with van der Waals surface area (Å²) in [6, 6.07) is 0. The van der Waals surface area contributed by atoms with E-state index in [1.165, 1.54) is 6.42 Å². The van der Waals surface area contributed by atoms with Crippen molar-refractivity contribution in [3.63, 3.8) is 0 Å². The van der Waals surface area contributed by atoms with E-state index in [-0.39, 0.29) is 35.9 Å². The first kappa shape index (κ1) is 12.8. The molecular formula is C9H14Pt. The Morgan fingerprint density at radius 3 is 1.20 bits per heavy atom. The van der Waals surface area contributed by atoms with Crippen molar-refractivity contribution in [1.82, 2.24) is 0 Å². The van der Waals surface area contributed by atoms with Crippen LogP contribution in [0.4, 0.5) is 0 Å². The maximum absolute atomic E-state index is 2.30. The number of rotatable bonds is 0. The Morgan fingerprint density at radius 1 is 0.800 bits per heavy atom.